The zero-order valence-corrected chi connectivity index (χ0v) is 11.7. The summed E-state index contributed by atoms with van der Waals surface area (Å²) in [6.45, 7) is 3.74. The third-order valence-corrected chi connectivity index (χ3v) is 3.26. The van der Waals surface area contributed by atoms with Crippen LogP contribution in [0.5, 0.6) is 0 Å². The fourth-order valence-corrected chi connectivity index (χ4v) is 2.15. The molecule has 0 aliphatic heterocycles. The van der Waals surface area contributed by atoms with E-state index >= 15 is 0 Å². The van der Waals surface area contributed by atoms with Crippen LogP contribution in [-0.2, 0) is 13.1 Å². The second-order valence-corrected chi connectivity index (χ2v) is 4.78. The maximum absolute atomic E-state index is 4.63. The summed E-state index contributed by atoms with van der Waals surface area (Å²) in [5.74, 6) is 0.868. The molecular weight excluding hydrogens is 250 g/mol. The molecule has 0 radical (unpaired) electrons. The highest BCUT2D eigenvalue weighted by molar-refractivity contribution is 5.75. The topological polar surface area (TPSA) is 46.8 Å². The average Bonchev–Trinajstić information content (AvgIpc) is 2.94. The van der Waals surface area contributed by atoms with Crippen LogP contribution >= 0.6 is 0 Å². The number of hydrogen-bond donors (Lipinski definition) is 0. The number of nitrogens with zero attached hydrogens (tertiary/aromatic N) is 5. The summed E-state index contributed by atoms with van der Waals surface area (Å²) in [7, 11) is 2.02. The molecule has 0 bridgehead atoms. The molecule has 0 fully saturated rings. The molecule has 0 amide bonds. The fourth-order valence-electron chi connectivity index (χ4n) is 2.15. The molecule has 1 aromatic carbocycles. The molecule has 20 heavy (non-hydrogen) atoms. The van der Waals surface area contributed by atoms with Crippen LogP contribution in [0.15, 0.2) is 42.9 Å². The molecule has 2 aromatic heterocycles. The lowest BCUT2D eigenvalue weighted by atomic mass is 10.3. The van der Waals surface area contributed by atoms with Gasteiger partial charge in [0.2, 0.25) is 0 Å². The first-order chi connectivity index (χ1) is 9.76. The molecule has 0 aliphatic rings. The van der Waals surface area contributed by atoms with Crippen LogP contribution in [0.25, 0.3) is 11.0 Å². The van der Waals surface area contributed by atoms with Gasteiger partial charge in [-0.25, -0.2) is 4.98 Å². The van der Waals surface area contributed by atoms with Crippen LogP contribution in [0.2, 0.25) is 0 Å². The minimum absolute atomic E-state index is 0.771. The number of para-hydroxylation sites is 2. The van der Waals surface area contributed by atoms with Crippen molar-refractivity contribution in [2.45, 2.75) is 20.0 Å². The molecule has 0 saturated heterocycles. The average molecular weight is 267 g/mol. The van der Waals surface area contributed by atoms with Gasteiger partial charge in [0.05, 0.1) is 23.4 Å². The molecular formula is C15H17N5. The lowest BCUT2D eigenvalue weighted by molar-refractivity contribution is 0.659. The Labute approximate surface area is 117 Å². The molecule has 2 heterocycles. The Hall–Kier alpha value is -2.43. The first kappa shape index (κ1) is 12.6. The minimum atomic E-state index is 0.771. The highest BCUT2D eigenvalue weighted by atomic mass is 15.3. The SMILES string of the molecule is CCn1cc(CN(C)c2cnc3ccccc3n2)cn1. The van der Waals surface area contributed by atoms with E-state index in [0.29, 0.717) is 0 Å². The molecule has 0 N–H and O–H groups in total. The number of rotatable bonds is 4. The molecule has 0 atom stereocenters. The van der Waals surface area contributed by atoms with E-state index in [2.05, 4.69) is 33.1 Å². The van der Waals surface area contributed by atoms with E-state index in [-0.39, 0.29) is 0 Å². The quantitative estimate of drug-likeness (QED) is 0.728. The molecule has 5 nitrogen and oxygen atoms in total. The van der Waals surface area contributed by atoms with Gasteiger partial charge in [-0.05, 0) is 19.1 Å². The third-order valence-electron chi connectivity index (χ3n) is 3.26. The van der Waals surface area contributed by atoms with Crippen molar-refractivity contribution in [2.75, 3.05) is 11.9 Å². The summed E-state index contributed by atoms with van der Waals surface area (Å²) in [4.78, 5) is 11.2. The number of benzene rings is 1. The van der Waals surface area contributed by atoms with Gasteiger partial charge in [0.25, 0.3) is 0 Å². The Morgan fingerprint density at radius 1 is 1.15 bits per heavy atom. The predicted molar refractivity (Wildman–Crippen MR) is 79.5 cm³/mol. The summed E-state index contributed by atoms with van der Waals surface area (Å²) in [5, 5.41) is 4.29. The summed E-state index contributed by atoms with van der Waals surface area (Å²) in [6.07, 6.45) is 5.77. The smallest absolute Gasteiger partial charge is 0.147 e. The normalized spacial score (nSPS) is 10.9. The van der Waals surface area contributed by atoms with Gasteiger partial charge in [0, 0.05) is 31.9 Å². The van der Waals surface area contributed by atoms with Crippen molar-refractivity contribution >= 4 is 16.9 Å². The van der Waals surface area contributed by atoms with E-state index in [0.717, 1.165) is 29.9 Å². The first-order valence-electron chi connectivity index (χ1n) is 6.70. The standard InChI is InChI=1S/C15H17N5/c1-3-20-11-12(8-17-20)10-19(2)15-9-16-13-6-4-5-7-14(13)18-15/h4-9,11H,3,10H2,1-2H3. The van der Waals surface area contributed by atoms with E-state index in [1.54, 1.807) is 0 Å². The number of aryl methyl sites for hydroxylation is 1. The van der Waals surface area contributed by atoms with E-state index in [1.165, 1.54) is 5.56 Å². The largest absolute Gasteiger partial charge is 0.354 e. The summed E-state index contributed by atoms with van der Waals surface area (Å²) < 4.78 is 1.93. The lowest BCUT2D eigenvalue weighted by Crippen LogP contribution is -2.17. The second kappa shape index (κ2) is 5.28. The first-order valence-corrected chi connectivity index (χ1v) is 6.70. The zero-order valence-electron chi connectivity index (χ0n) is 11.7. The Morgan fingerprint density at radius 2 is 1.95 bits per heavy atom. The number of anilines is 1. The van der Waals surface area contributed by atoms with Gasteiger partial charge in [0.1, 0.15) is 5.82 Å². The van der Waals surface area contributed by atoms with Crippen molar-refractivity contribution < 1.29 is 0 Å². The molecule has 102 valence electrons. The van der Waals surface area contributed by atoms with Crippen molar-refractivity contribution in [2.24, 2.45) is 0 Å². The van der Waals surface area contributed by atoms with Gasteiger partial charge in [-0.3, -0.25) is 9.67 Å². The summed E-state index contributed by atoms with van der Waals surface area (Å²) >= 11 is 0. The minimum Gasteiger partial charge on any atom is -0.354 e. The summed E-state index contributed by atoms with van der Waals surface area (Å²) in [6, 6.07) is 7.90. The van der Waals surface area contributed by atoms with Gasteiger partial charge in [-0.2, -0.15) is 5.10 Å². The second-order valence-electron chi connectivity index (χ2n) is 4.78. The van der Waals surface area contributed by atoms with Crippen LogP contribution in [-0.4, -0.2) is 26.8 Å². The Kier molecular flexibility index (Phi) is 3.33. The van der Waals surface area contributed by atoms with Gasteiger partial charge in [0.15, 0.2) is 0 Å². The number of hydrogen-bond acceptors (Lipinski definition) is 4. The maximum atomic E-state index is 4.63. The zero-order chi connectivity index (χ0) is 13.9. The number of fused-ring (bicyclic) bond motifs is 1. The molecule has 0 unspecified atom stereocenters. The van der Waals surface area contributed by atoms with E-state index in [1.807, 2.05) is 48.4 Å². The van der Waals surface area contributed by atoms with Gasteiger partial charge >= 0.3 is 0 Å². The molecule has 3 aromatic rings. The maximum Gasteiger partial charge on any atom is 0.147 e. The van der Waals surface area contributed by atoms with Crippen molar-refractivity contribution in [1.29, 1.82) is 0 Å². The van der Waals surface area contributed by atoms with Crippen molar-refractivity contribution in [3.63, 3.8) is 0 Å². The Bertz CT molecular complexity index is 719. The monoisotopic (exact) mass is 267 g/mol. The van der Waals surface area contributed by atoms with E-state index in [9.17, 15) is 0 Å². The highest BCUT2D eigenvalue weighted by Crippen LogP contribution is 2.15. The number of aromatic nitrogens is 4. The molecule has 3 rings (SSSR count). The molecule has 5 heteroatoms. The predicted octanol–water partition coefficient (Wildman–Crippen LogP) is 2.48. The van der Waals surface area contributed by atoms with Gasteiger partial charge < -0.3 is 4.90 Å². The molecule has 0 aliphatic carbocycles. The summed E-state index contributed by atoms with van der Waals surface area (Å²) in [5.41, 5.74) is 3.01. The van der Waals surface area contributed by atoms with Crippen molar-refractivity contribution in [3.8, 4) is 0 Å². The van der Waals surface area contributed by atoms with Crippen LogP contribution in [0, 0.1) is 0 Å². The van der Waals surface area contributed by atoms with Crippen molar-refractivity contribution in [1.82, 2.24) is 19.7 Å². The van der Waals surface area contributed by atoms with Crippen LogP contribution in [0.1, 0.15) is 12.5 Å². The lowest BCUT2D eigenvalue weighted by Gasteiger charge is -2.17. The van der Waals surface area contributed by atoms with Crippen molar-refractivity contribution in [3.05, 3.63) is 48.4 Å². The van der Waals surface area contributed by atoms with Crippen LogP contribution in [0.3, 0.4) is 0 Å². The van der Waals surface area contributed by atoms with E-state index in [4.69, 9.17) is 0 Å². The highest BCUT2D eigenvalue weighted by Gasteiger charge is 2.07. The van der Waals surface area contributed by atoms with Gasteiger partial charge in [-0.15, -0.1) is 0 Å². The molecule has 0 spiro atoms. The molecule has 0 saturated carbocycles. The van der Waals surface area contributed by atoms with Crippen LogP contribution in [0.4, 0.5) is 5.82 Å². The van der Waals surface area contributed by atoms with E-state index < -0.39 is 0 Å². The fraction of sp³-hybridized carbons (Fsp3) is 0.267. The third kappa shape index (κ3) is 2.47. The Balaban J connectivity index is 1.82. The van der Waals surface area contributed by atoms with Gasteiger partial charge in [-0.1, -0.05) is 12.1 Å². The van der Waals surface area contributed by atoms with Crippen LogP contribution < -0.4 is 4.90 Å². The Morgan fingerprint density at radius 3 is 2.70 bits per heavy atom.